The van der Waals surface area contributed by atoms with Crippen molar-refractivity contribution in [1.29, 1.82) is 0 Å². The molecule has 0 aliphatic heterocycles. The second kappa shape index (κ2) is 9.17. The number of carbonyl (C=O) groups is 2. The van der Waals surface area contributed by atoms with Gasteiger partial charge < -0.3 is 9.84 Å². The Kier molecular flexibility index (Phi) is 7.57. The Balaban J connectivity index is 2.57. The van der Waals surface area contributed by atoms with Crippen LogP contribution in [0.15, 0.2) is 30.3 Å². The van der Waals surface area contributed by atoms with E-state index >= 15 is 0 Å². The quantitative estimate of drug-likeness (QED) is 0.326. The fraction of sp³-hybridized carbons (Fsp3) is 0.412. The number of ether oxygens (including phenoxy) is 1. The van der Waals surface area contributed by atoms with Crippen LogP contribution in [0.3, 0.4) is 0 Å². The fourth-order valence-electron chi connectivity index (χ4n) is 1.75. The molecule has 0 heterocycles. The Morgan fingerprint density at radius 2 is 1.88 bits per heavy atom. The summed E-state index contributed by atoms with van der Waals surface area (Å²) in [6.07, 6.45) is 2.76. The average Bonchev–Trinajstić information content (AvgIpc) is 2.52. The van der Waals surface area contributed by atoms with Crippen LogP contribution in [0.2, 0.25) is 0 Å². The molecule has 0 fully saturated rings. The Labute approximate surface area is 141 Å². The summed E-state index contributed by atoms with van der Waals surface area (Å²) in [7, 11) is 0. The smallest absolute Gasteiger partial charge is 0.323 e. The molecule has 1 aromatic rings. The van der Waals surface area contributed by atoms with Gasteiger partial charge >= 0.3 is 5.97 Å². The van der Waals surface area contributed by atoms with Crippen LogP contribution in [0.5, 0.6) is 0 Å². The van der Waals surface area contributed by atoms with Crippen LogP contribution in [-0.2, 0) is 20.9 Å². The lowest BCUT2D eigenvalue weighted by Crippen LogP contribution is -2.42. The molecule has 24 heavy (non-hydrogen) atoms. The summed E-state index contributed by atoms with van der Waals surface area (Å²) in [6, 6.07) is 6.44. The largest absolute Gasteiger partial charge is 0.480 e. The highest BCUT2D eigenvalue weighted by atomic mass is 16.5. The molecule has 0 saturated carbocycles. The van der Waals surface area contributed by atoms with Gasteiger partial charge in [0.15, 0.2) is 0 Å². The third-order valence-electron chi connectivity index (χ3n) is 3.05. The van der Waals surface area contributed by atoms with Crippen molar-refractivity contribution < 1.29 is 24.6 Å². The molecule has 0 aromatic heterocycles. The van der Waals surface area contributed by atoms with Crippen molar-refractivity contribution in [3.05, 3.63) is 41.5 Å². The summed E-state index contributed by atoms with van der Waals surface area (Å²) < 4.78 is 5.51. The minimum absolute atomic E-state index is 0.0793. The Hall–Kier alpha value is -2.22. The van der Waals surface area contributed by atoms with E-state index in [-0.39, 0.29) is 6.61 Å². The number of rotatable bonds is 8. The molecule has 0 saturated heterocycles. The third kappa shape index (κ3) is 7.87. The van der Waals surface area contributed by atoms with E-state index in [0.717, 1.165) is 11.1 Å². The monoisotopic (exact) mass is 336 g/mol. The van der Waals surface area contributed by atoms with E-state index in [1.165, 1.54) is 11.6 Å². The Morgan fingerprint density at radius 3 is 2.38 bits per heavy atom. The van der Waals surface area contributed by atoms with Gasteiger partial charge in [-0.3, -0.25) is 20.1 Å². The summed E-state index contributed by atoms with van der Waals surface area (Å²) in [5, 5.41) is 20.6. The molecule has 7 nitrogen and oxygen atoms in total. The van der Waals surface area contributed by atoms with Crippen molar-refractivity contribution in [1.82, 2.24) is 10.8 Å². The second-order valence-corrected chi connectivity index (χ2v) is 6.25. The number of carboxylic acid groups (broad SMARTS) is 1. The first-order valence-electron chi connectivity index (χ1n) is 7.52. The van der Waals surface area contributed by atoms with Gasteiger partial charge in [0.2, 0.25) is 0 Å². The normalized spacial score (nSPS) is 13.0. The van der Waals surface area contributed by atoms with Gasteiger partial charge in [-0.1, -0.05) is 24.3 Å². The Bertz CT molecular complexity index is 576. The number of carboxylic acids is 1. The van der Waals surface area contributed by atoms with Gasteiger partial charge in [0, 0.05) is 12.6 Å². The van der Waals surface area contributed by atoms with Gasteiger partial charge in [-0.05, 0) is 38.0 Å². The molecule has 132 valence electrons. The Morgan fingerprint density at radius 1 is 1.25 bits per heavy atom. The highest BCUT2D eigenvalue weighted by molar-refractivity contribution is 5.90. The van der Waals surface area contributed by atoms with Crippen molar-refractivity contribution in [2.24, 2.45) is 0 Å². The number of aliphatic carboxylic acids is 1. The number of benzene rings is 1. The standard InChI is InChI=1S/C17H24N2O5/c1-17(2,3)24-11-14(16(21)22)18-10-13-6-4-12(5-7-13)8-9-15(20)19-23/h4-9,14,18,23H,10-11H2,1-3H3,(H,19,20)(H,21,22)/t14-/m1/s1. The van der Waals surface area contributed by atoms with Crippen molar-refractivity contribution in [2.45, 2.75) is 39.0 Å². The van der Waals surface area contributed by atoms with Gasteiger partial charge in [0.25, 0.3) is 5.91 Å². The highest BCUT2D eigenvalue weighted by Gasteiger charge is 2.20. The first kappa shape index (κ1) is 19.8. The lowest BCUT2D eigenvalue weighted by Gasteiger charge is -2.23. The number of hydrogen-bond acceptors (Lipinski definition) is 5. The van der Waals surface area contributed by atoms with Crippen LogP contribution in [0.25, 0.3) is 6.08 Å². The van der Waals surface area contributed by atoms with Gasteiger partial charge in [-0.15, -0.1) is 0 Å². The number of hydrogen-bond donors (Lipinski definition) is 4. The van der Waals surface area contributed by atoms with Crippen LogP contribution < -0.4 is 10.8 Å². The fourth-order valence-corrected chi connectivity index (χ4v) is 1.75. The maximum atomic E-state index is 11.3. The lowest BCUT2D eigenvalue weighted by molar-refractivity contribution is -0.142. The molecule has 0 unspecified atom stereocenters. The molecule has 1 aromatic carbocycles. The predicted molar refractivity (Wildman–Crippen MR) is 89.4 cm³/mol. The molecule has 4 N–H and O–H groups in total. The maximum absolute atomic E-state index is 11.3. The van der Waals surface area contributed by atoms with Crippen LogP contribution in [-0.4, -0.2) is 40.4 Å². The van der Waals surface area contributed by atoms with Gasteiger partial charge in [-0.25, -0.2) is 5.48 Å². The molecule has 0 bridgehead atoms. The molecule has 0 aliphatic carbocycles. The van der Waals surface area contributed by atoms with E-state index < -0.39 is 23.5 Å². The number of hydroxylamine groups is 1. The van der Waals surface area contributed by atoms with Gasteiger partial charge in [-0.2, -0.15) is 0 Å². The number of amides is 1. The molecular weight excluding hydrogens is 312 g/mol. The van der Waals surface area contributed by atoms with Crippen molar-refractivity contribution in [3.8, 4) is 0 Å². The zero-order chi connectivity index (χ0) is 18.2. The van der Waals surface area contributed by atoms with E-state index in [1.807, 2.05) is 32.9 Å². The minimum Gasteiger partial charge on any atom is -0.480 e. The van der Waals surface area contributed by atoms with Gasteiger partial charge in [0.1, 0.15) is 6.04 Å². The van der Waals surface area contributed by atoms with E-state index in [2.05, 4.69) is 5.32 Å². The van der Waals surface area contributed by atoms with Crippen LogP contribution in [0, 0.1) is 0 Å². The SMILES string of the molecule is CC(C)(C)OC[C@@H](NCc1ccc(C=CC(=O)NO)cc1)C(=O)O. The molecule has 0 spiro atoms. The zero-order valence-corrected chi connectivity index (χ0v) is 14.1. The molecule has 1 atom stereocenters. The minimum atomic E-state index is -0.964. The van der Waals surface area contributed by atoms with Crippen molar-refractivity contribution in [3.63, 3.8) is 0 Å². The summed E-state index contributed by atoms with van der Waals surface area (Å²) in [6.45, 7) is 6.07. The first-order chi connectivity index (χ1) is 11.2. The molecular formula is C17H24N2O5. The van der Waals surface area contributed by atoms with Gasteiger partial charge in [0.05, 0.1) is 12.2 Å². The summed E-state index contributed by atoms with van der Waals surface area (Å²) in [4.78, 5) is 22.2. The topological polar surface area (TPSA) is 108 Å². The highest BCUT2D eigenvalue weighted by Crippen LogP contribution is 2.09. The summed E-state index contributed by atoms with van der Waals surface area (Å²) in [5.74, 6) is -1.57. The van der Waals surface area contributed by atoms with Crippen LogP contribution in [0.4, 0.5) is 0 Å². The number of nitrogens with one attached hydrogen (secondary N) is 2. The molecule has 0 radical (unpaired) electrons. The van der Waals surface area contributed by atoms with E-state index in [4.69, 9.17) is 9.94 Å². The van der Waals surface area contributed by atoms with E-state index in [9.17, 15) is 14.7 Å². The predicted octanol–water partition coefficient (Wildman–Crippen LogP) is 1.56. The van der Waals surface area contributed by atoms with Crippen LogP contribution >= 0.6 is 0 Å². The average molecular weight is 336 g/mol. The second-order valence-electron chi connectivity index (χ2n) is 6.25. The van der Waals surface area contributed by atoms with E-state index in [1.54, 1.807) is 18.2 Å². The molecule has 0 aliphatic rings. The molecule has 1 amide bonds. The summed E-state index contributed by atoms with van der Waals surface area (Å²) in [5.41, 5.74) is 2.80. The summed E-state index contributed by atoms with van der Waals surface area (Å²) >= 11 is 0. The first-order valence-corrected chi connectivity index (χ1v) is 7.52. The molecule has 1 rings (SSSR count). The third-order valence-corrected chi connectivity index (χ3v) is 3.05. The zero-order valence-electron chi connectivity index (χ0n) is 14.1. The lowest BCUT2D eigenvalue weighted by atomic mass is 10.1. The van der Waals surface area contributed by atoms with E-state index in [0.29, 0.717) is 6.54 Å². The van der Waals surface area contributed by atoms with Crippen molar-refractivity contribution >= 4 is 18.0 Å². The van der Waals surface area contributed by atoms with Crippen molar-refractivity contribution in [2.75, 3.05) is 6.61 Å². The number of carbonyl (C=O) groups excluding carboxylic acids is 1. The van der Waals surface area contributed by atoms with Crippen LogP contribution in [0.1, 0.15) is 31.9 Å². The maximum Gasteiger partial charge on any atom is 0.323 e. The molecule has 7 heteroatoms.